The molecule has 4 aromatic rings. The second kappa shape index (κ2) is 11.7. The van der Waals surface area contributed by atoms with Gasteiger partial charge in [0, 0.05) is 18.2 Å². The number of aromatic nitrogens is 2. The van der Waals surface area contributed by atoms with Gasteiger partial charge in [-0.05, 0) is 28.8 Å². The Kier molecular flexibility index (Phi) is 7.68. The third kappa shape index (κ3) is 5.36. The summed E-state index contributed by atoms with van der Waals surface area (Å²) in [6, 6.07) is 23.5. The number of hydrogen-bond donors (Lipinski definition) is 3. The minimum absolute atomic E-state index is 0.0944. The lowest BCUT2D eigenvalue weighted by molar-refractivity contribution is -0.152. The van der Waals surface area contributed by atoms with E-state index in [0.29, 0.717) is 22.8 Å². The van der Waals surface area contributed by atoms with Crippen LogP contribution in [0.4, 0.5) is 5.95 Å². The smallest absolute Gasteiger partial charge is 0.356 e. The third-order valence-electron chi connectivity index (χ3n) is 7.14. The summed E-state index contributed by atoms with van der Waals surface area (Å²) in [6.45, 7) is 1.08. The number of rotatable bonds is 9. The zero-order valence-electron chi connectivity index (χ0n) is 22.7. The van der Waals surface area contributed by atoms with Crippen molar-refractivity contribution in [1.82, 2.24) is 14.9 Å². The van der Waals surface area contributed by atoms with E-state index in [1.807, 2.05) is 60.7 Å². The van der Waals surface area contributed by atoms with Gasteiger partial charge >= 0.3 is 11.9 Å². The molecule has 3 N–H and O–H groups in total. The second-order valence-electron chi connectivity index (χ2n) is 9.97. The Morgan fingerprint density at radius 3 is 2.43 bits per heavy atom. The Morgan fingerprint density at radius 1 is 1.10 bits per heavy atom. The van der Waals surface area contributed by atoms with Crippen LogP contribution >= 0.6 is 11.8 Å². The Hall–Kier alpha value is -4.61. The standard InChI is InChI=1S/C31H28N4O6S/c1-18(37)40-16-22-17-42-29-25(34-31-32-23-13-12-19(15-36)14-24(23)33-31)28(38)35(29)26(22)30(39)41-27(20-8-4-2-5-9-20)21-10-6-3-7-11-21/h2-14,25,27,29,36H,15-17H2,1H3,(H2,32,33,34)/t25-,29?/m1/s1. The van der Waals surface area contributed by atoms with Gasteiger partial charge in [-0.25, -0.2) is 9.78 Å². The number of carbonyl (C=O) groups is 3. The number of nitrogens with zero attached hydrogens (tertiary/aromatic N) is 2. The van der Waals surface area contributed by atoms with Crippen LogP contribution in [0.15, 0.2) is 90.1 Å². The van der Waals surface area contributed by atoms with Crippen molar-refractivity contribution in [2.75, 3.05) is 17.7 Å². The number of imidazole rings is 1. The average Bonchev–Trinajstić information content (AvgIpc) is 3.43. The fourth-order valence-corrected chi connectivity index (χ4v) is 6.42. The van der Waals surface area contributed by atoms with Crippen molar-refractivity contribution in [2.24, 2.45) is 0 Å². The lowest BCUT2D eigenvalue weighted by Crippen LogP contribution is -2.68. The summed E-state index contributed by atoms with van der Waals surface area (Å²) in [5, 5.41) is 12.2. The number of benzene rings is 3. The molecule has 2 atom stereocenters. The van der Waals surface area contributed by atoms with Crippen molar-refractivity contribution in [3.63, 3.8) is 0 Å². The summed E-state index contributed by atoms with van der Waals surface area (Å²) in [5.41, 5.74) is 4.32. The van der Waals surface area contributed by atoms with Crippen LogP contribution in [0.25, 0.3) is 11.0 Å². The number of ether oxygens (including phenoxy) is 2. The summed E-state index contributed by atoms with van der Waals surface area (Å²) in [4.78, 5) is 48.2. The number of H-pyrrole nitrogens is 1. The van der Waals surface area contributed by atoms with Gasteiger partial charge in [0.25, 0.3) is 5.91 Å². The number of hydrogen-bond acceptors (Lipinski definition) is 9. The lowest BCUT2D eigenvalue weighted by Gasteiger charge is -2.49. The predicted molar refractivity (Wildman–Crippen MR) is 157 cm³/mol. The van der Waals surface area contributed by atoms with Crippen molar-refractivity contribution in [1.29, 1.82) is 0 Å². The van der Waals surface area contributed by atoms with E-state index < -0.39 is 29.5 Å². The number of thioether (sulfide) groups is 1. The van der Waals surface area contributed by atoms with Crippen LogP contribution in [-0.4, -0.2) is 61.6 Å². The SMILES string of the molecule is CC(=O)OCC1=C(C(=O)OC(c2ccccc2)c2ccccc2)N2C(=O)[C@@H](Nc3nc4ccc(CO)cc4[nH]3)C2SC1. The first-order chi connectivity index (χ1) is 20.4. The molecule has 0 spiro atoms. The fourth-order valence-electron chi connectivity index (χ4n) is 5.09. The molecule has 0 bridgehead atoms. The van der Waals surface area contributed by atoms with Gasteiger partial charge in [-0.15, -0.1) is 11.8 Å². The van der Waals surface area contributed by atoms with E-state index in [1.165, 1.54) is 23.6 Å². The van der Waals surface area contributed by atoms with Crippen LogP contribution in [0.1, 0.15) is 29.7 Å². The van der Waals surface area contributed by atoms with Crippen LogP contribution in [0, 0.1) is 0 Å². The van der Waals surface area contributed by atoms with Gasteiger partial charge < -0.3 is 24.9 Å². The van der Waals surface area contributed by atoms with Gasteiger partial charge in [0.05, 0.1) is 17.6 Å². The van der Waals surface area contributed by atoms with E-state index in [0.717, 1.165) is 22.2 Å². The highest BCUT2D eigenvalue weighted by molar-refractivity contribution is 8.00. The zero-order valence-corrected chi connectivity index (χ0v) is 23.5. The number of fused-ring (bicyclic) bond motifs is 2. The molecule has 2 aliphatic heterocycles. The number of carbonyl (C=O) groups excluding carboxylic acids is 3. The Morgan fingerprint density at radius 2 is 1.79 bits per heavy atom. The Bertz CT molecular complexity index is 1630. The summed E-state index contributed by atoms with van der Waals surface area (Å²) in [7, 11) is 0. The third-order valence-corrected chi connectivity index (χ3v) is 8.48. The van der Waals surface area contributed by atoms with Gasteiger partial charge in [-0.3, -0.25) is 14.5 Å². The molecular weight excluding hydrogens is 556 g/mol. The number of aromatic amines is 1. The van der Waals surface area contributed by atoms with Crippen LogP contribution in [-0.2, 0) is 30.5 Å². The van der Waals surface area contributed by atoms with E-state index in [-0.39, 0.29) is 24.8 Å². The molecule has 0 saturated carbocycles. The topological polar surface area (TPSA) is 134 Å². The number of nitrogens with one attached hydrogen (secondary N) is 2. The quantitative estimate of drug-likeness (QED) is 0.198. The molecule has 2 aliphatic rings. The number of amides is 1. The van der Waals surface area contributed by atoms with Crippen molar-refractivity contribution in [3.05, 3.63) is 107 Å². The van der Waals surface area contributed by atoms with E-state index in [2.05, 4.69) is 15.3 Å². The Labute approximate surface area is 245 Å². The summed E-state index contributed by atoms with van der Waals surface area (Å²) in [6.07, 6.45) is -0.708. The highest BCUT2D eigenvalue weighted by Crippen LogP contribution is 2.42. The van der Waals surface area contributed by atoms with Crippen molar-refractivity contribution in [2.45, 2.75) is 31.1 Å². The molecule has 0 aliphatic carbocycles. The maximum atomic E-state index is 13.9. The molecule has 1 aromatic heterocycles. The van der Waals surface area contributed by atoms with Crippen LogP contribution in [0.5, 0.6) is 0 Å². The van der Waals surface area contributed by atoms with E-state index in [1.54, 1.807) is 18.2 Å². The van der Waals surface area contributed by atoms with Crippen molar-refractivity contribution in [3.8, 4) is 0 Å². The maximum Gasteiger partial charge on any atom is 0.356 e. The van der Waals surface area contributed by atoms with Crippen molar-refractivity contribution < 1.29 is 29.0 Å². The second-order valence-corrected chi connectivity index (χ2v) is 11.1. The normalized spacial score (nSPS) is 18.1. The van der Waals surface area contributed by atoms with E-state index >= 15 is 0 Å². The molecule has 11 heteroatoms. The molecule has 1 fully saturated rings. The fraction of sp³-hybridized carbons (Fsp3) is 0.226. The molecule has 1 amide bonds. The molecule has 3 aromatic carbocycles. The molecular formula is C31H28N4O6S. The number of esters is 2. The predicted octanol–water partition coefficient (Wildman–Crippen LogP) is 3.90. The number of anilines is 1. The number of aliphatic hydroxyl groups excluding tert-OH is 1. The zero-order chi connectivity index (χ0) is 29.2. The minimum Gasteiger partial charge on any atom is -0.461 e. The molecule has 6 rings (SSSR count). The first-order valence-corrected chi connectivity index (χ1v) is 14.4. The average molecular weight is 585 g/mol. The van der Waals surface area contributed by atoms with Crippen LogP contribution in [0.2, 0.25) is 0 Å². The number of aliphatic hydroxyl groups is 1. The monoisotopic (exact) mass is 584 g/mol. The van der Waals surface area contributed by atoms with Gasteiger partial charge in [0.1, 0.15) is 23.7 Å². The summed E-state index contributed by atoms with van der Waals surface area (Å²) in [5.74, 6) is -0.714. The molecule has 1 saturated heterocycles. The molecule has 3 heterocycles. The van der Waals surface area contributed by atoms with Gasteiger partial charge in [-0.1, -0.05) is 66.7 Å². The molecule has 0 radical (unpaired) electrons. The van der Waals surface area contributed by atoms with Gasteiger partial charge in [-0.2, -0.15) is 0 Å². The van der Waals surface area contributed by atoms with Crippen LogP contribution < -0.4 is 5.32 Å². The van der Waals surface area contributed by atoms with Crippen LogP contribution in [0.3, 0.4) is 0 Å². The molecule has 1 unspecified atom stereocenters. The largest absolute Gasteiger partial charge is 0.461 e. The van der Waals surface area contributed by atoms with Gasteiger partial charge in [0.2, 0.25) is 5.95 Å². The van der Waals surface area contributed by atoms with Gasteiger partial charge in [0.15, 0.2) is 6.10 Å². The molecule has 214 valence electrons. The molecule has 10 nitrogen and oxygen atoms in total. The maximum absolute atomic E-state index is 13.9. The Balaban J connectivity index is 1.28. The number of β-lactam (4-membered cyclic amide) rings is 1. The highest BCUT2D eigenvalue weighted by atomic mass is 32.2. The first kappa shape index (κ1) is 27.6. The first-order valence-electron chi connectivity index (χ1n) is 13.4. The molecule has 42 heavy (non-hydrogen) atoms. The lowest BCUT2D eigenvalue weighted by atomic mass is 10.0. The van der Waals surface area contributed by atoms with E-state index in [4.69, 9.17) is 9.47 Å². The summed E-state index contributed by atoms with van der Waals surface area (Å²) < 4.78 is 11.4. The van der Waals surface area contributed by atoms with E-state index in [9.17, 15) is 19.5 Å². The highest BCUT2D eigenvalue weighted by Gasteiger charge is 2.54. The van der Waals surface area contributed by atoms with Crippen molar-refractivity contribution >= 4 is 46.6 Å². The summed E-state index contributed by atoms with van der Waals surface area (Å²) >= 11 is 1.46. The minimum atomic E-state index is -0.708.